The lowest BCUT2D eigenvalue weighted by atomic mass is 9.78. The summed E-state index contributed by atoms with van der Waals surface area (Å²) in [6, 6.07) is 3.70. The number of ether oxygens (including phenoxy) is 1. The zero-order chi connectivity index (χ0) is 18.6. The molecule has 0 aromatic heterocycles. The molecule has 1 fully saturated rings. The number of hydrogen-bond donors (Lipinski definition) is 1. The molecule has 0 heterocycles. The number of esters is 1. The van der Waals surface area contributed by atoms with Crippen molar-refractivity contribution >= 4 is 29.2 Å². The molecule has 0 aliphatic heterocycles. The molecular weight excluding hydrogens is 348 g/mol. The molecule has 7 nitrogen and oxygen atoms in total. The van der Waals surface area contributed by atoms with Crippen LogP contribution in [0.5, 0.6) is 0 Å². The van der Waals surface area contributed by atoms with E-state index in [0.29, 0.717) is 11.8 Å². The van der Waals surface area contributed by atoms with Gasteiger partial charge in [0.2, 0.25) is 0 Å². The van der Waals surface area contributed by atoms with Gasteiger partial charge in [-0.05, 0) is 30.4 Å². The molecule has 0 unspecified atom stereocenters. The van der Waals surface area contributed by atoms with Gasteiger partial charge in [-0.15, -0.1) is 0 Å². The Morgan fingerprint density at radius 1 is 1.36 bits per heavy atom. The lowest BCUT2D eigenvalue weighted by Crippen LogP contribution is -2.45. The topological polar surface area (TPSA) is 98.5 Å². The fourth-order valence-electron chi connectivity index (χ4n) is 3.07. The van der Waals surface area contributed by atoms with Crippen molar-refractivity contribution in [3.05, 3.63) is 38.9 Å². The van der Waals surface area contributed by atoms with Gasteiger partial charge in [-0.2, -0.15) is 0 Å². The van der Waals surface area contributed by atoms with Gasteiger partial charge in [0, 0.05) is 17.1 Å². The summed E-state index contributed by atoms with van der Waals surface area (Å²) in [5, 5.41) is 14.0. The van der Waals surface area contributed by atoms with Crippen molar-refractivity contribution in [3.8, 4) is 0 Å². The number of nitrogens with zero attached hydrogens (tertiary/aromatic N) is 1. The largest absolute Gasteiger partial charge is 0.452 e. The Labute approximate surface area is 150 Å². The van der Waals surface area contributed by atoms with Gasteiger partial charge in [-0.25, -0.2) is 4.79 Å². The molecule has 1 aromatic carbocycles. The molecule has 0 saturated heterocycles. The average molecular weight is 369 g/mol. The van der Waals surface area contributed by atoms with E-state index in [1.54, 1.807) is 0 Å². The third-order valence-electron chi connectivity index (χ3n) is 4.76. The average Bonchev–Trinajstić information content (AvgIpc) is 2.56. The molecule has 0 bridgehead atoms. The minimum Gasteiger partial charge on any atom is -0.452 e. The number of carbonyl (C=O) groups is 2. The van der Waals surface area contributed by atoms with Crippen LogP contribution < -0.4 is 5.32 Å². The van der Waals surface area contributed by atoms with Gasteiger partial charge in [0.05, 0.1) is 4.92 Å². The maximum atomic E-state index is 12.0. The second kappa shape index (κ2) is 8.29. The van der Waals surface area contributed by atoms with Crippen LogP contribution in [0.15, 0.2) is 18.2 Å². The van der Waals surface area contributed by atoms with E-state index in [9.17, 15) is 19.7 Å². The van der Waals surface area contributed by atoms with Crippen LogP contribution in [0.25, 0.3) is 0 Å². The van der Waals surface area contributed by atoms with E-state index in [4.69, 9.17) is 16.3 Å². The summed E-state index contributed by atoms with van der Waals surface area (Å²) in [4.78, 5) is 34.4. The summed E-state index contributed by atoms with van der Waals surface area (Å²) in [6.07, 6.45) is 3.09. The van der Waals surface area contributed by atoms with Crippen LogP contribution >= 0.6 is 11.6 Å². The van der Waals surface area contributed by atoms with E-state index >= 15 is 0 Å². The summed E-state index contributed by atoms with van der Waals surface area (Å²) >= 11 is 5.71. The number of carbonyl (C=O) groups excluding carboxylic acids is 2. The van der Waals surface area contributed by atoms with Crippen LogP contribution in [0.4, 0.5) is 5.69 Å². The van der Waals surface area contributed by atoms with E-state index in [1.165, 1.54) is 12.1 Å². The van der Waals surface area contributed by atoms with Crippen LogP contribution in [-0.4, -0.2) is 29.4 Å². The first-order valence-corrected chi connectivity index (χ1v) is 8.57. The van der Waals surface area contributed by atoms with Crippen LogP contribution in [0, 0.1) is 22.0 Å². The molecule has 25 heavy (non-hydrogen) atoms. The number of rotatable bonds is 5. The smallest absolute Gasteiger partial charge is 0.345 e. The monoisotopic (exact) mass is 368 g/mol. The van der Waals surface area contributed by atoms with Gasteiger partial charge in [-0.3, -0.25) is 14.9 Å². The van der Waals surface area contributed by atoms with E-state index < -0.39 is 29.1 Å². The van der Waals surface area contributed by atoms with Gasteiger partial charge in [0.25, 0.3) is 11.6 Å². The van der Waals surface area contributed by atoms with Crippen LogP contribution in [0.2, 0.25) is 5.02 Å². The summed E-state index contributed by atoms with van der Waals surface area (Å²) < 4.78 is 4.93. The fourth-order valence-corrected chi connectivity index (χ4v) is 3.24. The molecule has 1 aliphatic carbocycles. The Hall–Kier alpha value is -2.15. The van der Waals surface area contributed by atoms with Crippen LogP contribution in [-0.2, 0) is 9.53 Å². The highest BCUT2D eigenvalue weighted by atomic mass is 35.5. The van der Waals surface area contributed by atoms with Gasteiger partial charge in [0.15, 0.2) is 6.61 Å². The Morgan fingerprint density at radius 2 is 2.08 bits per heavy atom. The normalized spacial score (nSPS) is 22.9. The first-order chi connectivity index (χ1) is 11.8. The zero-order valence-corrected chi connectivity index (χ0v) is 14.9. The number of hydrogen-bond acceptors (Lipinski definition) is 5. The van der Waals surface area contributed by atoms with Gasteiger partial charge < -0.3 is 10.1 Å². The summed E-state index contributed by atoms with van der Waals surface area (Å²) in [5.41, 5.74) is -0.686. The van der Waals surface area contributed by atoms with Crippen molar-refractivity contribution < 1.29 is 19.2 Å². The number of nitrogens with one attached hydrogen (secondary N) is 1. The Bertz CT molecular complexity index is 679. The van der Waals surface area contributed by atoms with E-state index in [-0.39, 0.29) is 16.6 Å². The number of nitro benzene ring substituents is 1. The minimum atomic E-state index is -0.927. The summed E-state index contributed by atoms with van der Waals surface area (Å²) in [6.45, 7) is 3.77. The maximum absolute atomic E-state index is 12.0. The number of nitro groups is 1. The van der Waals surface area contributed by atoms with Gasteiger partial charge in [-0.1, -0.05) is 38.3 Å². The first-order valence-electron chi connectivity index (χ1n) is 8.20. The molecule has 0 radical (unpaired) electrons. The first kappa shape index (κ1) is 19.2. The second-order valence-electron chi connectivity index (χ2n) is 6.44. The predicted molar refractivity (Wildman–Crippen MR) is 92.5 cm³/mol. The third-order valence-corrected chi connectivity index (χ3v) is 5.00. The molecule has 2 rings (SSSR count). The molecule has 8 heteroatoms. The van der Waals surface area contributed by atoms with Crippen molar-refractivity contribution in [2.24, 2.45) is 11.8 Å². The Morgan fingerprint density at radius 3 is 2.76 bits per heavy atom. The van der Waals surface area contributed by atoms with Crippen molar-refractivity contribution in [1.29, 1.82) is 0 Å². The van der Waals surface area contributed by atoms with E-state index in [1.807, 2.05) is 0 Å². The third kappa shape index (κ3) is 4.92. The van der Waals surface area contributed by atoms with Gasteiger partial charge in [0.1, 0.15) is 5.56 Å². The Balaban J connectivity index is 1.94. The highest BCUT2D eigenvalue weighted by molar-refractivity contribution is 6.31. The van der Waals surface area contributed by atoms with E-state index in [2.05, 4.69) is 19.2 Å². The summed E-state index contributed by atoms with van der Waals surface area (Å²) in [7, 11) is 0. The molecule has 1 aromatic rings. The molecule has 1 amide bonds. The SMILES string of the molecule is C[C@H]1[C@@H](NC(=O)COC(=O)c2ccc(Cl)cc2[N+](=O)[O-])CCC[C@@H]1C. The van der Waals surface area contributed by atoms with Crippen LogP contribution in [0.3, 0.4) is 0 Å². The van der Waals surface area contributed by atoms with Gasteiger partial charge >= 0.3 is 5.97 Å². The van der Waals surface area contributed by atoms with Crippen molar-refractivity contribution in [2.45, 2.75) is 39.2 Å². The second-order valence-corrected chi connectivity index (χ2v) is 6.87. The molecule has 1 saturated carbocycles. The predicted octanol–water partition coefficient (Wildman–Crippen LogP) is 3.35. The quantitative estimate of drug-likeness (QED) is 0.488. The molecule has 3 atom stereocenters. The maximum Gasteiger partial charge on any atom is 0.345 e. The lowest BCUT2D eigenvalue weighted by Gasteiger charge is -2.34. The fraction of sp³-hybridized carbons (Fsp3) is 0.529. The zero-order valence-electron chi connectivity index (χ0n) is 14.2. The van der Waals surface area contributed by atoms with E-state index in [0.717, 1.165) is 25.3 Å². The lowest BCUT2D eigenvalue weighted by molar-refractivity contribution is -0.385. The number of amides is 1. The standard InChI is InChI=1S/C17H21ClN2O5/c1-10-4-3-5-14(11(10)2)19-16(21)9-25-17(22)13-7-6-12(18)8-15(13)20(23)24/h6-8,10-11,14H,3-5,9H2,1-2H3,(H,19,21)/t10-,11+,14-/m0/s1. The molecule has 1 aliphatic rings. The minimum absolute atomic E-state index is 0.0554. The number of halogens is 1. The summed E-state index contributed by atoms with van der Waals surface area (Å²) in [5.74, 6) is -0.455. The molecular formula is C17H21ClN2O5. The number of benzene rings is 1. The Kier molecular flexibility index (Phi) is 6.36. The highest BCUT2D eigenvalue weighted by Crippen LogP contribution is 2.29. The molecule has 1 N–H and O–H groups in total. The van der Waals surface area contributed by atoms with Crippen molar-refractivity contribution in [3.63, 3.8) is 0 Å². The van der Waals surface area contributed by atoms with Crippen molar-refractivity contribution in [1.82, 2.24) is 5.32 Å². The highest BCUT2D eigenvalue weighted by Gasteiger charge is 2.28. The molecule has 0 spiro atoms. The van der Waals surface area contributed by atoms with Crippen molar-refractivity contribution in [2.75, 3.05) is 6.61 Å². The van der Waals surface area contributed by atoms with Crippen LogP contribution in [0.1, 0.15) is 43.5 Å². The molecule has 136 valence electrons.